The summed E-state index contributed by atoms with van der Waals surface area (Å²) in [5.74, 6) is 0.321. The number of rotatable bonds is 2. The molecule has 0 fully saturated rings. The fourth-order valence-corrected chi connectivity index (χ4v) is 2.56. The summed E-state index contributed by atoms with van der Waals surface area (Å²) in [5, 5.41) is 0. The number of nitrogens with one attached hydrogen (secondary N) is 2. The molecule has 0 unspecified atom stereocenters. The molecule has 6 nitrogen and oxygen atoms in total. The van der Waals surface area contributed by atoms with Gasteiger partial charge in [0.05, 0.1) is 0 Å². The van der Waals surface area contributed by atoms with Crippen molar-refractivity contribution in [3.63, 3.8) is 0 Å². The average molecular weight is 354 g/mol. The third-order valence-electron chi connectivity index (χ3n) is 4.11. The maximum atomic E-state index is 12.2. The summed E-state index contributed by atoms with van der Waals surface area (Å²) >= 11 is 0. The van der Waals surface area contributed by atoms with E-state index in [0.29, 0.717) is 35.8 Å². The minimum atomic E-state index is -0.429. The van der Waals surface area contributed by atoms with E-state index in [-0.39, 0.29) is 11.3 Å². The molecule has 2 aromatic rings. The number of hydrogen-bond donors (Lipinski definition) is 2. The summed E-state index contributed by atoms with van der Waals surface area (Å²) in [6, 6.07) is 12.2. The maximum Gasteiger partial charge on any atom is 0.269 e. The Morgan fingerprint density at radius 3 is 1.96 bits per heavy atom. The molecular weight excluding hydrogens is 332 g/mol. The molecule has 2 amide bonds. The molecule has 6 heteroatoms. The number of amides is 2. The van der Waals surface area contributed by atoms with Crippen LogP contribution in [0, 0.1) is 0 Å². The van der Waals surface area contributed by atoms with Gasteiger partial charge >= 0.3 is 0 Å². The molecule has 0 saturated carbocycles. The number of carbonyl (C=O) groups is 2. The van der Waals surface area contributed by atoms with Gasteiger partial charge in [0.2, 0.25) is 0 Å². The second-order valence-corrected chi connectivity index (χ2v) is 7.09. The van der Waals surface area contributed by atoms with E-state index >= 15 is 0 Å². The van der Waals surface area contributed by atoms with E-state index in [4.69, 9.17) is 9.47 Å². The normalized spacial score (nSPS) is 13.0. The van der Waals surface area contributed by atoms with E-state index in [9.17, 15) is 9.59 Å². The van der Waals surface area contributed by atoms with E-state index in [2.05, 4.69) is 31.6 Å². The Hall–Kier alpha value is -3.02. The topological polar surface area (TPSA) is 76.7 Å². The predicted molar refractivity (Wildman–Crippen MR) is 97.5 cm³/mol. The lowest BCUT2D eigenvalue weighted by molar-refractivity contribution is 0.0846. The van der Waals surface area contributed by atoms with E-state index in [1.54, 1.807) is 30.3 Å². The lowest BCUT2D eigenvalue weighted by Crippen LogP contribution is -2.41. The second-order valence-electron chi connectivity index (χ2n) is 7.09. The number of fused-ring (bicyclic) bond motifs is 1. The first-order valence-corrected chi connectivity index (χ1v) is 8.45. The molecule has 0 aromatic heterocycles. The molecule has 1 heterocycles. The van der Waals surface area contributed by atoms with Crippen LogP contribution in [-0.4, -0.2) is 25.0 Å². The van der Waals surface area contributed by atoms with Gasteiger partial charge < -0.3 is 9.47 Å². The van der Waals surface area contributed by atoms with Crippen LogP contribution >= 0.6 is 0 Å². The van der Waals surface area contributed by atoms with Crippen molar-refractivity contribution in [3.05, 3.63) is 59.2 Å². The van der Waals surface area contributed by atoms with Crippen LogP contribution in [0.4, 0.5) is 0 Å². The van der Waals surface area contributed by atoms with Gasteiger partial charge in [-0.3, -0.25) is 20.4 Å². The molecule has 0 bridgehead atoms. The molecule has 26 heavy (non-hydrogen) atoms. The molecule has 136 valence electrons. The maximum absolute atomic E-state index is 12.2. The minimum Gasteiger partial charge on any atom is -0.486 e. The molecule has 2 aromatic carbocycles. The number of carbonyl (C=O) groups excluding carboxylic acids is 2. The summed E-state index contributed by atoms with van der Waals surface area (Å²) in [6.07, 6.45) is 0. The largest absolute Gasteiger partial charge is 0.486 e. The zero-order chi connectivity index (χ0) is 18.7. The van der Waals surface area contributed by atoms with Crippen LogP contribution in [0.2, 0.25) is 0 Å². The molecule has 0 spiro atoms. The quantitative estimate of drug-likeness (QED) is 0.813. The first-order valence-electron chi connectivity index (χ1n) is 8.45. The van der Waals surface area contributed by atoms with Crippen LogP contribution in [0.1, 0.15) is 47.1 Å². The highest BCUT2D eigenvalue weighted by molar-refractivity contribution is 5.99. The van der Waals surface area contributed by atoms with Gasteiger partial charge in [-0.1, -0.05) is 32.9 Å². The Labute approximate surface area is 152 Å². The minimum absolute atomic E-state index is 0.0153. The number of benzene rings is 2. The van der Waals surface area contributed by atoms with E-state index < -0.39 is 5.91 Å². The van der Waals surface area contributed by atoms with Gasteiger partial charge in [0.15, 0.2) is 11.5 Å². The van der Waals surface area contributed by atoms with E-state index in [0.717, 1.165) is 5.56 Å². The highest BCUT2D eigenvalue weighted by Gasteiger charge is 2.17. The van der Waals surface area contributed by atoms with Gasteiger partial charge in [-0.15, -0.1) is 0 Å². The van der Waals surface area contributed by atoms with Crippen molar-refractivity contribution in [2.24, 2.45) is 0 Å². The molecule has 0 saturated heterocycles. The van der Waals surface area contributed by atoms with E-state index in [1.807, 2.05) is 12.1 Å². The Bertz CT molecular complexity index is 823. The van der Waals surface area contributed by atoms with Crippen molar-refractivity contribution in [1.29, 1.82) is 0 Å². The molecule has 2 N–H and O–H groups in total. The number of hydrogen-bond acceptors (Lipinski definition) is 4. The standard InChI is InChI=1S/C20H22N2O4/c1-20(2,3)15-7-4-13(5-8-15)18(23)21-22-19(24)14-6-9-16-17(12-14)26-11-10-25-16/h4-9,12H,10-11H2,1-3H3,(H,21,23)(H,22,24). The number of ether oxygens (including phenoxy) is 2. The van der Waals surface area contributed by atoms with Crippen LogP contribution < -0.4 is 20.3 Å². The zero-order valence-corrected chi connectivity index (χ0v) is 15.1. The first-order chi connectivity index (χ1) is 12.3. The van der Waals surface area contributed by atoms with Crippen LogP contribution in [0.5, 0.6) is 11.5 Å². The van der Waals surface area contributed by atoms with Crippen molar-refractivity contribution in [3.8, 4) is 11.5 Å². The van der Waals surface area contributed by atoms with Crippen molar-refractivity contribution >= 4 is 11.8 Å². The number of hydrazine groups is 1. The van der Waals surface area contributed by atoms with Gasteiger partial charge in [-0.2, -0.15) is 0 Å². The summed E-state index contributed by atoms with van der Waals surface area (Å²) in [7, 11) is 0. The molecule has 3 rings (SSSR count). The van der Waals surface area contributed by atoms with E-state index in [1.165, 1.54) is 0 Å². The predicted octanol–water partition coefficient (Wildman–Crippen LogP) is 2.83. The summed E-state index contributed by atoms with van der Waals surface area (Å²) in [4.78, 5) is 24.4. The summed E-state index contributed by atoms with van der Waals surface area (Å²) in [5.41, 5.74) is 6.83. The van der Waals surface area contributed by atoms with Crippen LogP contribution in [0.15, 0.2) is 42.5 Å². The van der Waals surface area contributed by atoms with Crippen LogP contribution in [0.25, 0.3) is 0 Å². The Kier molecular flexibility index (Phi) is 4.84. The highest BCUT2D eigenvalue weighted by Crippen LogP contribution is 2.30. The monoisotopic (exact) mass is 354 g/mol. The van der Waals surface area contributed by atoms with Gasteiger partial charge in [0, 0.05) is 11.1 Å². The van der Waals surface area contributed by atoms with Gasteiger partial charge in [-0.25, -0.2) is 0 Å². The van der Waals surface area contributed by atoms with Crippen LogP contribution in [-0.2, 0) is 5.41 Å². The smallest absolute Gasteiger partial charge is 0.269 e. The van der Waals surface area contributed by atoms with Crippen molar-refractivity contribution in [2.75, 3.05) is 13.2 Å². The second kappa shape index (κ2) is 7.07. The third-order valence-corrected chi connectivity index (χ3v) is 4.11. The van der Waals surface area contributed by atoms with Crippen molar-refractivity contribution in [2.45, 2.75) is 26.2 Å². The molecule has 0 aliphatic carbocycles. The molecule has 0 atom stereocenters. The van der Waals surface area contributed by atoms with Crippen molar-refractivity contribution < 1.29 is 19.1 Å². The van der Waals surface area contributed by atoms with Gasteiger partial charge in [0.1, 0.15) is 13.2 Å². The molecule has 0 radical (unpaired) electrons. The Morgan fingerprint density at radius 1 is 0.808 bits per heavy atom. The lowest BCUT2D eigenvalue weighted by Gasteiger charge is -2.19. The zero-order valence-electron chi connectivity index (χ0n) is 15.1. The SMILES string of the molecule is CC(C)(C)c1ccc(C(=O)NNC(=O)c2ccc3c(c2)OCCO3)cc1. The Morgan fingerprint density at radius 2 is 1.35 bits per heavy atom. The molecular formula is C20H22N2O4. The first kappa shape index (κ1) is 17.8. The lowest BCUT2D eigenvalue weighted by atomic mass is 9.87. The molecule has 1 aliphatic rings. The van der Waals surface area contributed by atoms with Gasteiger partial charge in [0.25, 0.3) is 11.8 Å². The van der Waals surface area contributed by atoms with Crippen LogP contribution in [0.3, 0.4) is 0 Å². The fraction of sp³-hybridized carbons (Fsp3) is 0.300. The summed E-state index contributed by atoms with van der Waals surface area (Å²) in [6.45, 7) is 7.25. The van der Waals surface area contributed by atoms with Crippen molar-refractivity contribution in [1.82, 2.24) is 10.9 Å². The summed E-state index contributed by atoms with van der Waals surface area (Å²) < 4.78 is 10.9. The third kappa shape index (κ3) is 3.96. The molecule has 1 aliphatic heterocycles. The fourth-order valence-electron chi connectivity index (χ4n) is 2.56. The average Bonchev–Trinajstić information content (AvgIpc) is 2.64. The highest BCUT2D eigenvalue weighted by atomic mass is 16.6. The van der Waals surface area contributed by atoms with Gasteiger partial charge in [-0.05, 0) is 41.3 Å². The Balaban J connectivity index is 1.61.